The second-order valence-electron chi connectivity index (χ2n) is 5.51. The molecule has 21 heavy (non-hydrogen) atoms. The van der Waals surface area contributed by atoms with Gasteiger partial charge in [-0.05, 0) is 0 Å². The molecule has 0 fully saturated rings. The van der Waals surface area contributed by atoms with E-state index >= 15 is 0 Å². The summed E-state index contributed by atoms with van der Waals surface area (Å²) < 4.78 is 5.98. The van der Waals surface area contributed by atoms with Gasteiger partial charge >= 0.3 is 128 Å². The molecular formula is C19H17ClHf. The number of allylic oxidation sites excluding steroid dienone is 2. The topological polar surface area (TPSA) is 0 Å². The van der Waals surface area contributed by atoms with Crippen molar-refractivity contribution in [3.05, 3.63) is 82.9 Å². The third-order valence-corrected chi connectivity index (χ3v) is 13.8. The molecule has 0 N–H and O–H groups in total. The predicted octanol–water partition coefficient (Wildman–Crippen LogP) is 4.99. The van der Waals surface area contributed by atoms with Crippen LogP contribution in [0, 0.1) is 0 Å². The van der Waals surface area contributed by atoms with Crippen LogP contribution in [-0.4, -0.2) is 4.26 Å². The van der Waals surface area contributed by atoms with Crippen molar-refractivity contribution >= 4 is 28.8 Å². The van der Waals surface area contributed by atoms with Gasteiger partial charge in [-0.15, -0.1) is 12.4 Å². The third-order valence-electron chi connectivity index (χ3n) is 4.40. The maximum atomic E-state index is 4.71. The van der Waals surface area contributed by atoms with Gasteiger partial charge < -0.3 is 0 Å². The number of rotatable bonds is 2. The number of fused-ring (bicyclic) bond motifs is 2. The van der Waals surface area contributed by atoms with Crippen molar-refractivity contribution in [1.29, 1.82) is 0 Å². The molecule has 2 aliphatic carbocycles. The summed E-state index contributed by atoms with van der Waals surface area (Å²) in [6, 6.07) is 17.6. The Kier molecular flexibility index (Phi) is 4.24. The average molecular weight is 459 g/mol. The molecule has 0 spiro atoms. The van der Waals surface area contributed by atoms with E-state index in [1.54, 1.807) is 0 Å². The Morgan fingerprint density at radius 3 is 1.62 bits per heavy atom. The number of hydrogen-bond acceptors (Lipinski definition) is 0. The Morgan fingerprint density at radius 1 is 0.714 bits per heavy atom. The molecule has 2 atom stereocenters. The average Bonchev–Trinajstić information content (AvgIpc) is 3.11. The molecule has 0 radical (unpaired) electrons. The first-order valence-corrected chi connectivity index (χ1v) is 13.8. The molecule has 0 saturated carbocycles. The second-order valence-corrected chi connectivity index (χ2v) is 14.1. The quantitative estimate of drug-likeness (QED) is 0.555. The van der Waals surface area contributed by atoms with E-state index in [4.69, 9.17) is 4.26 Å². The van der Waals surface area contributed by atoms with Gasteiger partial charge in [0.25, 0.3) is 0 Å². The molecule has 0 aromatic heterocycles. The molecule has 0 nitrogen and oxygen atoms in total. The van der Waals surface area contributed by atoms with Crippen LogP contribution in [0.2, 0.25) is 0 Å². The van der Waals surface area contributed by atoms with Crippen LogP contribution in [0.3, 0.4) is 0 Å². The van der Waals surface area contributed by atoms with Crippen molar-refractivity contribution in [2.24, 2.45) is 0 Å². The molecule has 0 saturated heterocycles. The van der Waals surface area contributed by atoms with E-state index < -0.39 is 21.0 Å². The van der Waals surface area contributed by atoms with E-state index in [-0.39, 0.29) is 12.4 Å². The standard InChI is InChI=1S/2C9H7.CH2.ClH.Hf/c2*1-2-5-9-7-3-6-8(9)4-1;;;/h2*1-7H;1H2;1H;. The van der Waals surface area contributed by atoms with Gasteiger partial charge in [0.1, 0.15) is 0 Å². The zero-order valence-electron chi connectivity index (χ0n) is 11.7. The molecule has 2 heteroatoms. The molecule has 2 unspecified atom stereocenters. The van der Waals surface area contributed by atoms with Gasteiger partial charge in [-0.3, -0.25) is 0 Å². The summed E-state index contributed by atoms with van der Waals surface area (Å²) >= 11 is -2.03. The summed E-state index contributed by atoms with van der Waals surface area (Å²) in [5.74, 6) is 0. The fraction of sp³-hybridized carbons (Fsp3) is 0.105. The molecule has 4 rings (SSSR count). The van der Waals surface area contributed by atoms with Gasteiger partial charge in [0, 0.05) is 0 Å². The van der Waals surface area contributed by atoms with E-state index in [0.29, 0.717) is 7.35 Å². The summed E-state index contributed by atoms with van der Waals surface area (Å²) in [6.45, 7) is 0. The Labute approximate surface area is 139 Å². The number of halogens is 1. The molecule has 0 heterocycles. The summed E-state index contributed by atoms with van der Waals surface area (Å²) in [6.07, 6.45) is 9.41. The molecule has 104 valence electrons. The Morgan fingerprint density at radius 2 is 1.14 bits per heavy atom. The van der Waals surface area contributed by atoms with Crippen LogP contribution in [0.15, 0.2) is 60.7 Å². The van der Waals surface area contributed by atoms with Crippen molar-refractivity contribution in [2.45, 2.75) is 7.35 Å². The predicted molar refractivity (Wildman–Crippen MR) is 90.8 cm³/mol. The fourth-order valence-electron chi connectivity index (χ4n) is 3.34. The van der Waals surface area contributed by atoms with Gasteiger partial charge in [0.15, 0.2) is 0 Å². The van der Waals surface area contributed by atoms with Crippen LogP contribution in [0.5, 0.6) is 0 Å². The molecule has 2 aliphatic rings. The van der Waals surface area contributed by atoms with Crippen LogP contribution in [-0.2, 0) is 21.0 Å². The Balaban J connectivity index is 0.00000132. The van der Waals surface area contributed by atoms with Crippen LogP contribution >= 0.6 is 12.4 Å². The zero-order valence-corrected chi connectivity index (χ0v) is 16.1. The van der Waals surface area contributed by atoms with Gasteiger partial charge in [-0.2, -0.15) is 0 Å². The zero-order chi connectivity index (χ0) is 13.5. The van der Waals surface area contributed by atoms with Crippen molar-refractivity contribution < 1.29 is 21.0 Å². The molecule has 2 aromatic rings. The summed E-state index contributed by atoms with van der Waals surface area (Å²) in [7, 11) is 0. The summed E-state index contributed by atoms with van der Waals surface area (Å²) in [4.78, 5) is 0. The first kappa shape index (κ1) is 14.9. The van der Waals surface area contributed by atoms with E-state index in [1.165, 1.54) is 22.3 Å². The first-order valence-electron chi connectivity index (χ1n) is 7.07. The molecular weight excluding hydrogens is 442 g/mol. The fourth-order valence-corrected chi connectivity index (χ4v) is 12.0. The first-order chi connectivity index (χ1) is 9.84. The van der Waals surface area contributed by atoms with E-state index in [0.717, 1.165) is 0 Å². The minimum atomic E-state index is -2.03. The molecule has 0 amide bonds. The van der Waals surface area contributed by atoms with E-state index in [9.17, 15) is 0 Å². The number of benzene rings is 2. The van der Waals surface area contributed by atoms with Crippen molar-refractivity contribution in [3.63, 3.8) is 0 Å². The maximum absolute atomic E-state index is 4.71. The van der Waals surface area contributed by atoms with Crippen molar-refractivity contribution in [3.8, 4) is 0 Å². The summed E-state index contributed by atoms with van der Waals surface area (Å²) in [5.41, 5.74) is 5.84. The van der Waals surface area contributed by atoms with Crippen molar-refractivity contribution in [1.82, 2.24) is 0 Å². The Bertz CT molecular complexity index is 694. The molecule has 2 aromatic carbocycles. The monoisotopic (exact) mass is 460 g/mol. The van der Waals surface area contributed by atoms with Gasteiger partial charge in [-0.25, -0.2) is 0 Å². The van der Waals surface area contributed by atoms with Crippen LogP contribution in [0.1, 0.15) is 29.6 Å². The molecule has 0 bridgehead atoms. The van der Waals surface area contributed by atoms with E-state index in [1.807, 2.05) is 0 Å². The van der Waals surface area contributed by atoms with Crippen molar-refractivity contribution in [2.75, 3.05) is 0 Å². The normalized spacial score (nSPS) is 20.8. The minimum absolute atomic E-state index is 0. The van der Waals surface area contributed by atoms with Crippen LogP contribution in [0.4, 0.5) is 0 Å². The second kappa shape index (κ2) is 5.98. The third kappa shape index (κ3) is 2.47. The molecule has 0 aliphatic heterocycles. The Hall–Kier alpha value is -1.05. The van der Waals surface area contributed by atoms with Gasteiger partial charge in [-0.1, -0.05) is 0 Å². The SMILES string of the molecule is Cl.[CH2]=[Hf]([CH]1C=Cc2ccccc21)[CH]1C=Cc2ccccc21. The van der Waals surface area contributed by atoms with Gasteiger partial charge in [0.2, 0.25) is 0 Å². The van der Waals surface area contributed by atoms with E-state index in [2.05, 4.69) is 72.8 Å². The van der Waals surface area contributed by atoms with Crippen LogP contribution in [0.25, 0.3) is 12.2 Å². The summed E-state index contributed by atoms with van der Waals surface area (Å²) in [5, 5.41) is 0. The number of hydrogen-bond donors (Lipinski definition) is 0. The van der Waals surface area contributed by atoms with Crippen LogP contribution < -0.4 is 0 Å². The van der Waals surface area contributed by atoms with Gasteiger partial charge in [0.05, 0.1) is 0 Å².